The molecule has 1 rings (SSSR count). The lowest BCUT2D eigenvalue weighted by atomic mass is 10.1. The van der Waals surface area contributed by atoms with E-state index < -0.39 is 0 Å². The average molecular weight is 309 g/mol. The third kappa shape index (κ3) is 8.40. The van der Waals surface area contributed by atoms with Crippen molar-refractivity contribution in [2.24, 2.45) is 0 Å². The number of amides is 1. The van der Waals surface area contributed by atoms with Crippen molar-refractivity contribution >= 4 is 22.8 Å². The normalized spacial score (nSPS) is 10.9. The van der Waals surface area contributed by atoms with Crippen LogP contribution < -0.4 is 5.32 Å². The Morgan fingerprint density at radius 2 is 2.00 bits per heavy atom. The lowest BCUT2D eigenvalue weighted by Gasteiger charge is -2.02. The van der Waals surface area contributed by atoms with E-state index in [9.17, 15) is 9.59 Å². The summed E-state index contributed by atoms with van der Waals surface area (Å²) in [6, 6.07) is 1.60. The molecule has 1 amide bonds. The van der Waals surface area contributed by atoms with Gasteiger partial charge in [0.05, 0.1) is 11.8 Å². The Kier molecular flexibility index (Phi) is 9.37. The molecule has 0 saturated heterocycles. The molecule has 1 N–H and O–H groups in total. The van der Waals surface area contributed by atoms with Crippen LogP contribution in [-0.4, -0.2) is 17.6 Å². The minimum Gasteiger partial charge on any atom is -0.472 e. The number of furan rings is 1. The van der Waals surface area contributed by atoms with Crippen molar-refractivity contribution < 1.29 is 14.0 Å². The number of carbonyl (C=O) groups is 2. The van der Waals surface area contributed by atoms with Crippen LogP contribution in [0.5, 0.6) is 0 Å². The van der Waals surface area contributed by atoms with Crippen LogP contribution >= 0.6 is 11.8 Å². The average Bonchev–Trinajstić information content (AvgIpc) is 3.00. The number of thioether (sulfide) groups is 1. The topological polar surface area (TPSA) is 59.3 Å². The van der Waals surface area contributed by atoms with E-state index in [0.717, 1.165) is 24.6 Å². The summed E-state index contributed by atoms with van der Waals surface area (Å²) in [6.07, 6.45) is 11.4. The number of hydrogen-bond acceptors (Lipinski definition) is 4. The van der Waals surface area contributed by atoms with E-state index in [1.807, 2.05) is 0 Å². The van der Waals surface area contributed by atoms with Crippen LogP contribution in [0.3, 0.4) is 0 Å². The fourth-order valence-electron chi connectivity index (χ4n) is 1.78. The van der Waals surface area contributed by atoms with Crippen molar-refractivity contribution in [3.63, 3.8) is 0 Å². The molecule has 1 heterocycles. The Morgan fingerprint density at radius 1 is 1.24 bits per heavy atom. The molecule has 1 aromatic rings. The fourth-order valence-corrected chi connectivity index (χ4v) is 2.35. The Labute approximate surface area is 130 Å². The maximum absolute atomic E-state index is 11.6. The van der Waals surface area contributed by atoms with Gasteiger partial charge in [-0.25, -0.2) is 0 Å². The van der Waals surface area contributed by atoms with E-state index in [4.69, 9.17) is 4.42 Å². The number of hydrogen-bond donors (Lipinski definition) is 1. The van der Waals surface area contributed by atoms with Gasteiger partial charge in [-0.3, -0.25) is 9.59 Å². The minimum atomic E-state index is -0.156. The fraction of sp³-hybridized carbons (Fsp3) is 0.500. The molecule has 0 atom stereocenters. The number of carbonyl (C=O) groups excluding carboxylic acids is 2. The molecule has 0 bridgehead atoms. The van der Waals surface area contributed by atoms with Gasteiger partial charge in [-0.2, -0.15) is 0 Å². The molecule has 5 heteroatoms. The van der Waals surface area contributed by atoms with Gasteiger partial charge < -0.3 is 9.73 Å². The van der Waals surface area contributed by atoms with Crippen LogP contribution in [0.2, 0.25) is 0 Å². The predicted molar refractivity (Wildman–Crippen MR) is 86.2 cm³/mol. The van der Waals surface area contributed by atoms with Crippen molar-refractivity contribution in [2.45, 2.75) is 45.4 Å². The first kappa shape index (κ1) is 17.6. The van der Waals surface area contributed by atoms with Crippen LogP contribution in [0.25, 0.3) is 0 Å². The Balaban J connectivity index is 2.05. The highest BCUT2D eigenvalue weighted by atomic mass is 32.2. The van der Waals surface area contributed by atoms with Gasteiger partial charge in [-0.05, 0) is 17.9 Å². The highest BCUT2D eigenvalue weighted by Crippen LogP contribution is 2.13. The van der Waals surface area contributed by atoms with Gasteiger partial charge in [0, 0.05) is 12.6 Å². The molecule has 0 aromatic carbocycles. The lowest BCUT2D eigenvalue weighted by Crippen LogP contribution is -2.21. The smallest absolute Gasteiger partial charge is 0.244 e. The molecule has 0 aliphatic heterocycles. The standard InChI is InChI=1S/C16H23NO3S/c1-2-3-4-5-6-7-10-17-15(18)9-12-21-16(19)14-8-11-20-13-14/h8-9,11-13H,2-7,10H2,1H3,(H,17,18)/b12-9-. The van der Waals surface area contributed by atoms with E-state index in [0.29, 0.717) is 12.1 Å². The molecule has 0 unspecified atom stereocenters. The van der Waals surface area contributed by atoms with E-state index in [-0.39, 0.29) is 11.0 Å². The molecule has 1 aromatic heterocycles. The van der Waals surface area contributed by atoms with Gasteiger partial charge >= 0.3 is 0 Å². The molecule has 0 aliphatic rings. The first-order chi connectivity index (χ1) is 10.2. The lowest BCUT2D eigenvalue weighted by molar-refractivity contribution is -0.116. The maximum Gasteiger partial charge on any atom is 0.244 e. The molecule has 4 nitrogen and oxygen atoms in total. The Bertz CT molecular complexity index is 440. The highest BCUT2D eigenvalue weighted by molar-refractivity contribution is 8.16. The van der Waals surface area contributed by atoms with Gasteiger partial charge in [-0.15, -0.1) is 0 Å². The van der Waals surface area contributed by atoms with Gasteiger partial charge in [0.2, 0.25) is 11.0 Å². The van der Waals surface area contributed by atoms with Crippen LogP contribution in [0, 0.1) is 0 Å². The molecule has 0 radical (unpaired) electrons. The van der Waals surface area contributed by atoms with E-state index in [1.54, 1.807) is 6.07 Å². The quantitative estimate of drug-likeness (QED) is 0.521. The van der Waals surface area contributed by atoms with Crippen molar-refractivity contribution in [3.8, 4) is 0 Å². The van der Waals surface area contributed by atoms with Gasteiger partial charge in [-0.1, -0.05) is 50.8 Å². The zero-order chi connectivity index (χ0) is 15.3. The molecule has 0 saturated carbocycles. The summed E-state index contributed by atoms with van der Waals surface area (Å²) in [4.78, 5) is 23.1. The Hall–Kier alpha value is -1.49. The summed E-state index contributed by atoms with van der Waals surface area (Å²) in [5.74, 6) is -0.156. The minimum absolute atomic E-state index is 0.135. The second-order valence-corrected chi connectivity index (χ2v) is 5.66. The Morgan fingerprint density at radius 3 is 2.71 bits per heavy atom. The summed E-state index contributed by atoms with van der Waals surface area (Å²) in [5.41, 5.74) is 0.497. The van der Waals surface area contributed by atoms with Crippen molar-refractivity contribution in [1.82, 2.24) is 5.32 Å². The van der Waals surface area contributed by atoms with Crippen LogP contribution in [0.1, 0.15) is 55.8 Å². The van der Waals surface area contributed by atoms with Crippen molar-refractivity contribution in [3.05, 3.63) is 35.6 Å². The molecular formula is C16H23NO3S. The molecule has 0 spiro atoms. The maximum atomic E-state index is 11.6. The molecule has 0 aliphatic carbocycles. The predicted octanol–water partition coefficient (Wildman–Crippen LogP) is 4.14. The molecule has 0 fully saturated rings. The van der Waals surface area contributed by atoms with Crippen LogP contribution in [0.15, 0.2) is 34.5 Å². The van der Waals surface area contributed by atoms with E-state index in [1.165, 1.54) is 49.7 Å². The number of rotatable bonds is 10. The van der Waals surface area contributed by atoms with E-state index >= 15 is 0 Å². The third-order valence-corrected chi connectivity index (χ3v) is 3.70. The van der Waals surface area contributed by atoms with Crippen LogP contribution in [0.4, 0.5) is 0 Å². The summed E-state index contributed by atoms with van der Waals surface area (Å²) in [7, 11) is 0. The van der Waals surface area contributed by atoms with Crippen LogP contribution in [-0.2, 0) is 4.79 Å². The molecular weight excluding hydrogens is 286 g/mol. The number of unbranched alkanes of at least 4 members (excludes halogenated alkanes) is 5. The van der Waals surface area contributed by atoms with Gasteiger partial charge in [0.1, 0.15) is 6.26 Å². The van der Waals surface area contributed by atoms with Crippen molar-refractivity contribution in [2.75, 3.05) is 6.54 Å². The monoisotopic (exact) mass is 309 g/mol. The zero-order valence-corrected chi connectivity index (χ0v) is 13.3. The molecule has 116 valence electrons. The first-order valence-corrected chi connectivity index (χ1v) is 8.29. The SMILES string of the molecule is CCCCCCCCNC(=O)/C=C\SC(=O)c1ccoc1. The molecule has 21 heavy (non-hydrogen) atoms. The summed E-state index contributed by atoms with van der Waals surface area (Å²) in [5, 5.41) is 4.18. The zero-order valence-electron chi connectivity index (χ0n) is 12.5. The van der Waals surface area contributed by atoms with Crippen molar-refractivity contribution in [1.29, 1.82) is 0 Å². The summed E-state index contributed by atoms with van der Waals surface area (Å²) >= 11 is 0.975. The van der Waals surface area contributed by atoms with E-state index in [2.05, 4.69) is 12.2 Å². The highest BCUT2D eigenvalue weighted by Gasteiger charge is 2.05. The van der Waals surface area contributed by atoms with Gasteiger partial charge in [0.25, 0.3) is 0 Å². The first-order valence-electron chi connectivity index (χ1n) is 7.41. The third-order valence-electron chi connectivity index (χ3n) is 2.98. The summed E-state index contributed by atoms with van der Waals surface area (Å²) in [6.45, 7) is 2.89. The summed E-state index contributed by atoms with van der Waals surface area (Å²) < 4.78 is 4.83. The largest absolute Gasteiger partial charge is 0.472 e. The second-order valence-electron chi connectivity index (χ2n) is 4.78. The second kappa shape index (κ2) is 11.2. The van der Waals surface area contributed by atoms with Gasteiger partial charge in [0.15, 0.2) is 0 Å². The number of nitrogens with one attached hydrogen (secondary N) is 1.